The van der Waals surface area contributed by atoms with Gasteiger partial charge in [-0.25, -0.2) is 4.79 Å². The summed E-state index contributed by atoms with van der Waals surface area (Å²) in [6, 6.07) is 11.4. The van der Waals surface area contributed by atoms with E-state index in [-0.39, 0.29) is 45.6 Å². The van der Waals surface area contributed by atoms with Crippen molar-refractivity contribution >= 4 is 56.1 Å². The Hall–Kier alpha value is -6.24. The number of fused-ring (bicyclic) bond motifs is 7. The number of hydrogen-bond donors (Lipinski definition) is 0. The van der Waals surface area contributed by atoms with Crippen molar-refractivity contribution in [1.29, 1.82) is 0 Å². The topological polar surface area (TPSA) is 150 Å². The number of pyridine rings is 1. The number of ether oxygens (including phenoxy) is 7. The Balaban J connectivity index is 1.89. The van der Waals surface area contributed by atoms with Crippen molar-refractivity contribution in [3.63, 3.8) is 0 Å². The molecule has 0 saturated carbocycles. The molecule has 0 unspecified atom stereocenters. The molecule has 0 amide bonds. The van der Waals surface area contributed by atoms with Crippen LogP contribution in [0.3, 0.4) is 0 Å². The number of carbonyl (C=O) groups is 3. The van der Waals surface area contributed by atoms with Crippen molar-refractivity contribution in [2.24, 2.45) is 0 Å². The van der Waals surface area contributed by atoms with Gasteiger partial charge in [0.1, 0.15) is 11.1 Å². The first-order valence-corrected chi connectivity index (χ1v) is 14.4. The average Bonchev–Trinajstić information content (AvgIpc) is 3.40. The Morgan fingerprint density at radius 2 is 1.23 bits per heavy atom. The lowest BCUT2D eigenvalue weighted by Crippen LogP contribution is -2.06. The molecule has 0 atom stereocenters. The zero-order chi connectivity index (χ0) is 34.4. The van der Waals surface area contributed by atoms with Gasteiger partial charge < -0.3 is 42.0 Å². The number of benzene rings is 3. The Bertz CT molecular complexity index is 2380. The summed E-state index contributed by atoms with van der Waals surface area (Å²) < 4.78 is 46.2. The normalized spacial score (nSPS) is 11.1. The second-order valence-electron chi connectivity index (χ2n) is 10.6. The van der Waals surface area contributed by atoms with E-state index in [2.05, 4.69) is 0 Å². The molecule has 0 spiro atoms. The highest BCUT2D eigenvalue weighted by Crippen LogP contribution is 2.49. The molecule has 13 nitrogen and oxygen atoms in total. The average molecular weight is 656 g/mol. The van der Waals surface area contributed by atoms with Crippen LogP contribution in [0.1, 0.15) is 20.8 Å². The maximum atomic E-state index is 13.9. The first-order valence-electron chi connectivity index (χ1n) is 14.4. The molecular formula is C35H29NO12. The predicted octanol–water partition coefficient (Wildman–Crippen LogP) is 5.83. The lowest BCUT2D eigenvalue weighted by molar-refractivity contribution is -0.132. The Labute approximate surface area is 272 Å². The van der Waals surface area contributed by atoms with E-state index in [0.29, 0.717) is 43.9 Å². The molecule has 0 fully saturated rings. The summed E-state index contributed by atoms with van der Waals surface area (Å²) in [4.78, 5) is 50.1. The van der Waals surface area contributed by atoms with Crippen molar-refractivity contribution in [2.45, 2.75) is 20.8 Å². The fourth-order valence-electron chi connectivity index (χ4n) is 5.91. The molecule has 0 aliphatic carbocycles. The summed E-state index contributed by atoms with van der Waals surface area (Å²) in [5.74, 6) is -0.504. The van der Waals surface area contributed by atoms with Crippen LogP contribution in [0.2, 0.25) is 0 Å². The van der Waals surface area contributed by atoms with Crippen LogP contribution in [0.4, 0.5) is 0 Å². The van der Waals surface area contributed by atoms with E-state index in [1.54, 1.807) is 47.0 Å². The molecule has 48 heavy (non-hydrogen) atoms. The molecule has 6 rings (SSSR count). The van der Waals surface area contributed by atoms with Gasteiger partial charge >= 0.3 is 23.5 Å². The zero-order valence-corrected chi connectivity index (χ0v) is 27.0. The van der Waals surface area contributed by atoms with Gasteiger partial charge in [0.05, 0.1) is 34.0 Å². The number of esters is 3. The van der Waals surface area contributed by atoms with Crippen LogP contribution in [-0.4, -0.2) is 50.7 Å². The van der Waals surface area contributed by atoms with Gasteiger partial charge in [-0.05, 0) is 35.9 Å². The Morgan fingerprint density at radius 1 is 0.604 bits per heavy atom. The minimum absolute atomic E-state index is 0.0558. The molecule has 0 aliphatic heterocycles. The third-order valence-corrected chi connectivity index (χ3v) is 7.65. The zero-order valence-electron chi connectivity index (χ0n) is 27.0. The fourth-order valence-corrected chi connectivity index (χ4v) is 5.91. The van der Waals surface area contributed by atoms with Gasteiger partial charge in [-0.15, -0.1) is 0 Å². The predicted molar refractivity (Wildman–Crippen MR) is 174 cm³/mol. The second kappa shape index (κ2) is 12.2. The van der Waals surface area contributed by atoms with E-state index in [4.69, 9.17) is 37.6 Å². The summed E-state index contributed by atoms with van der Waals surface area (Å²) in [5, 5.41) is 1.86. The third-order valence-electron chi connectivity index (χ3n) is 7.65. The lowest BCUT2D eigenvalue weighted by Gasteiger charge is -2.16. The monoisotopic (exact) mass is 655 g/mol. The minimum Gasteiger partial charge on any atom is -0.493 e. The lowest BCUT2D eigenvalue weighted by atomic mass is 9.97. The van der Waals surface area contributed by atoms with Gasteiger partial charge in [0.25, 0.3) is 0 Å². The van der Waals surface area contributed by atoms with Gasteiger partial charge in [0.15, 0.2) is 34.5 Å². The van der Waals surface area contributed by atoms with Gasteiger partial charge in [0, 0.05) is 60.1 Å². The van der Waals surface area contributed by atoms with Crippen molar-refractivity contribution in [3.8, 4) is 51.4 Å². The summed E-state index contributed by atoms with van der Waals surface area (Å²) in [7, 11) is 5.73. The number of aromatic nitrogens is 1. The molecule has 3 aromatic heterocycles. The van der Waals surface area contributed by atoms with E-state index in [1.165, 1.54) is 55.3 Å². The first-order chi connectivity index (χ1) is 23.0. The van der Waals surface area contributed by atoms with Gasteiger partial charge in [-0.1, -0.05) is 6.07 Å². The molecule has 0 radical (unpaired) electrons. The minimum atomic E-state index is -0.702. The summed E-state index contributed by atoms with van der Waals surface area (Å²) in [6.07, 6.45) is 1.64. The molecule has 13 heteroatoms. The smallest absolute Gasteiger partial charge is 0.361 e. The number of methoxy groups -OCH3 is 4. The fraction of sp³-hybridized carbons (Fsp3) is 0.200. The van der Waals surface area contributed by atoms with Gasteiger partial charge in [-0.3, -0.25) is 14.4 Å². The first kappa shape index (κ1) is 31.7. The van der Waals surface area contributed by atoms with E-state index in [1.807, 2.05) is 0 Å². The van der Waals surface area contributed by atoms with Crippen LogP contribution in [0.15, 0.2) is 57.9 Å². The molecule has 246 valence electrons. The second-order valence-corrected chi connectivity index (χ2v) is 10.6. The largest absolute Gasteiger partial charge is 0.493 e. The summed E-state index contributed by atoms with van der Waals surface area (Å²) >= 11 is 0. The molecule has 6 aromatic rings. The number of carbonyl (C=O) groups excluding carboxylic acids is 3. The molecule has 0 aliphatic rings. The number of hydrogen-bond acceptors (Lipinski definition) is 12. The SMILES string of the molecule is COc1ccc(-c2c3c4cc(OC)c(OC(C)=O)cc4oc(=O)c3n3ccc4c(OC(C)=O)c(OC)c(OC)cc4c23)cc1OC(C)=O. The highest BCUT2D eigenvalue weighted by atomic mass is 16.6. The van der Waals surface area contributed by atoms with E-state index in [0.717, 1.165) is 0 Å². The Kier molecular flexibility index (Phi) is 8.05. The van der Waals surface area contributed by atoms with Crippen LogP contribution < -0.4 is 38.8 Å². The van der Waals surface area contributed by atoms with Crippen molar-refractivity contribution < 1.29 is 52.0 Å². The quantitative estimate of drug-likeness (QED) is 0.110. The van der Waals surface area contributed by atoms with E-state index >= 15 is 0 Å². The molecule has 0 N–H and O–H groups in total. The molecule has 0 saturated heterocycles. The third kappa shape index (κ3) is 5.14. The maximum absolute atomic E-state index is 13.9. The van der Waals surface area contributed by atoms with Crippen LogP contribution in [0.25, 0.3) is 49.3 Å². The summed E-state index contributed by atoms with van der Waals surface area (Å²) in [5.41, 5.74) is 1.08. The van der Waals surface area contributed by atoms with Crippen LogP contribution in [-0.2, 0) is 14.4 Å². The molecule has 3 heterocycles. The van der Waals surface area contributed by atoms with Crippen LogP contribution in [0, 0.1) is 0 Å². The molecule has 0 bridgehead atoms. The Morgan fingerprint density at radius 3 is 1.83 bits per heavy atom. The van der Waals surface area contributed by atoms with Crippen molar-refractivity contribution in [2.75, 3.05) is 28.4 Å². The number of rotatable bonds is 8. The van der Waals surface area contributed by atoms with Crippen molar-refractivity contribution in [3.05, 3.63) is 59.1 Å². The van der Waals surface area contributed by atoms with E-state index in [9.17, 15) is 19.2 Å². The van der Waals surface area contributed by atoms with Gasteiger partial charge in [0.2, 0.25) is 5.75 Å². The highest BCUT2D eigenvalue weighted by molar-refractivity contribution is 6.22. The standard InChI is InChI=1S/C35H29NO12/c1-16(37)45-26-12-19(8-9-23(26)41-4)29-30-22-14-25(42-5)27(46-17(2)38)15-24(22)48-35(40)32(30)36-11-10-20-21(31(29)36)13-28(43-6)34(44-7)33(20)47-18(3)39/h8-15H,1-7H3. The summed E-state index contributed by atoms with van der Waals surface area (Å²) in [6.45, 7) is 3.78. The number of nitrogens with zero attached hydrogens (tertiary/aromatic N) is 1. The van der Waals surface area contributed by atoms with Crippen molar-refractivity contribution in [1.82, 2.24) is 4.40 Å². The van der Waals surface area contributed by atoms with Gasteiger partial charge in [-0.2, -0.15) is 0 Å². The molecular weight excluding hydrogens is 626 g/mol. The van der Waals surface area contributed by atoms with E-state index < -0.39 is 23.5 Å². The van der Waals surface area contributed by atoms with Crippen LogP contribution in [0.5, 0.6) is 40.2 Å². The van der Waals surface area contributed by atoms with Crippen LogP contribution >= 0.6 is 0 Å². The maximum Gasteiger partial charge on any atom is 0.361 e. The highest BCUT2D eigenvalue weighted by Gasteiger charge is 2.27. The molecule has 3 aromatic carbocycles.